The molecule has 124 valence electrons. The van der Waals surface area contributed by atoms with Gasteiger partial charge in [0.25, 0.3) is 0 Å². The number of fused-ring (bicyclic) bond motifs is 4. The molecule has 2 bridgehead atoms. The first-order valence-electron chi connectivity index (χ1n) is 9.33. The minimum atomic E-state index is 0.267. The number of piperidine rings is 1. The minimum absolute atomic E-state index is 0.267. The van der Waals surface area contributed by atoms with E-state index in [4.69, 9.17) is 0 Å². The Morgan fingerprint density at radius 2 is 2.09 bits per heavy atom. The summed E-state index contributed by atoms with van der Waals surface area (Å²) < 4.78 is 0. The van der Waals surface area contributed by atoms with Crippen LogP contribution >= 0.6 is 0 Å². The summed E-state index contributed by atoms with van der Waals surface area (Å²) in [5.41, 5.74) is 4.63. The zero-order valence-electron chi connectivity index (χ0n) is 14.5. The molecule has 4 unspecified atom stereocenters. The van der Waals surface area contributed by atoms with Crippen molar-refractivity contribution in [3.05, 3.63) is 41.5 Å². The molecular formula is C21H29NO. The molecule has 1 N–H and O–H groups in total. The number of nitrogens with zero attached hydrogens (tertiary/aromatic N) is 1. The molecule has 1 aromatic carbocycles. The number of aromatic hydroxyl groups is 1. The first kappa shape index (κ1) is 15.3. The van der Waals surface area contributed by atoms with Gasteiger partial charge in [0, 0.05) is 18.0 Å². The van der Waals surface area contributed by atoms with Gasteiger partial charge in [0.05, 0.1) is 0 Å². The van der Waals surface area contributed by atoms with Crippen LogP contribution in [0.5, 0.6) is 5.75 Å². The summed E-state index contributed by atoms with van der Waals surface area (Å²) in [6, 6.07) is 6.78. The molecule has 0 amide bonds. The number of hydrogen-bond donors (Lipinski definition) is 1. The Hall–Kier alpha value is -1.28. The van der Waals surface area contributed by atoms with Crippen LogP contribution in [0.3, 0.4) is 0 Å². The summed E-state index contributed by atoms with van der Waals surface area (Å²) in [5.74, 6) is 1.90. The van der Waals surface area contributed by atoms with Gasteiger partial charge >= 0.3 is 0 Å². The predicted molar refractivity (Wildman–Crippen MR) is 94.8 cm³/mol. The maximum atomic E-state index is 10.0. The monoisotopic (exact) mass is 311 g/mol. The van der Waals surface area contributed by atoms with Crippen LogP contribution in [0.4, 0.5) is 0 Å². The van der Waals surface area contributed by atoms with E-state index >= 15 is 0 Å². The summed E-state index contributed by atoms with van der Waals surface area (Å²) in [5, 5.41) is 10.0. The van der Waals surface area contributed by atoms with Crippen molar-refractivity contribution in [2.75, 3.05) is 13.1 Å². The Balaban J connectivity index is 1.73. The van der Waals surface area contributed by atoms with E-state index in [1.807, 2.05) is 6.07 Å². The number of likely N-dealkylation sites (tertiary alicyclic amines) is 1. The van der Waals surface area contributed by atoms with E-state index in [1.54, 1.807) is 0 Å². The van der Waals surface area contributed by atoms with Crippen LogP contribution in [-0.4, -0.2) is 29.1 Å². The van der Waals surface area contributed by atoms with Crippen molar-refractivity contribution in [3.63, 3.8) is 0 Å². The third-order valence-corrected chi connectivity index (χ3v) is 7.00. The predicted octanol–water partition coefficient (Wildman–Crippen LogP) is 4.27. The molecule has 2 fully saturated rings. The van der Waals surface area contributed by atoms with Crippen LogP contribution in [0.2, 0.25) is 0 Å². The van der Waals surface area contributed by atoms with Crippen LogP contribution in [-0.2, 0) is 11.8 Å². The van der Waals surface area contributed by atoms with Crippen LogP contribution in [0.1, 0.15) is 50.7 Å². The van der Waals surface area contributed by atoms with Crippen molar-refractivity contribution in [1.29, 1.82) is 0 Å². The van der Waals surface area contributed by atoms with Gasteiger partial charge in [-0.3, -0.25) is 4.90 Å². The first-order valence-corrected chi connectivity index (χ1v) is 9.33. The molecule has 4 rings (SSSR count). The molecule has 3 aliphatic rings. The maximum absolute atomic E-state index is 10.0. The van der Waals surface area contributed by atoms with Gasteiger partial charge in [0.15, 0.2) is 0 Å². The highest BCUT2D eigenvalue weighted by molar-refractivity contribution is 5.44. The van der Waals surface area contributed by atoms with Gasteiger partial charge in [0.2, 0.25) is 0 Å². The fourth-order valence-electron chi connectivity index (χ4n) is 5.61. The molecule has 2 heteroatoms. The SMILES string of the molecule is C=C1CC1CN1CCC2(CC)c3cc(O)ccc3CC1C2CC. The molecule has 1 aliphatic heterocycles. The third kappa shape index (κ3) is 2.26. The Kier molecular flexibility index (Phi) is 3.57. The van der Waals surface area contributed by atoms with E-state index in [0.717, 1.165) is 12.3 Å². The molecule has 1 saturated heterocycles. The van der Waals surface area contributed by atoms with Crippen LogP contribution in [0, 0.1) is 11.8 Å². The van der Waals surface area contributed by atoms with Gasteiger partial charge in [-0.2, -0.15) is 0 Å². The number of phenolic OH excluding ortho intramolecular Hbond substituents is 1. The van der Waals surface area contributed by atoms with Crippen molar-refractivity contribution in [2.24, 2.45) is 11.8 Å². The fourth-order valence-corrected chi connectivity index (χ4v) is 5.61. The fraction of sp³-hybridized carbons (Fsp3) is 0.619. The minimum Gasteiger partial charge on any atom is -0.508 e. The molecule has 1 saturated carbocycles. The van der Waals surface area contributed by atoms with Crippen LogP contribution < -0.4 is 0 Å². The highest BCUT2D eigenvalue weighted by Crippen LogP contribution is 2.53. The molecule has 0 radical (unpaired) electrons. The normalized spacial score (nSPS) is 35.9. The van der Waals surface area contributed by atoms with Gasteiger partial charge in [-0.15, -0.1) is 0 Å². The van der Waals surface area contributed by atoms with E-state index in [9.17, 15) is 5.11 Å². The highest BCUT2D eigenvalue weighted by atomic mass is 16.3. The second-order valence-electron chi connectivity index (χ2n) is 7.94. The van der Waals surface area contributed by atoms with Crippen molar-refractivity contribution < 1.29 is 5.11 Å². The molecule has 2 aliphatic carbocycles. The number of benzene rings is 1. The van der Waals surface area contributed by atoms with Crippen LogP contribution in [0.15, 0.2) is 30.4 Å². The molecule has 0 spiro atoms. The maximum Gasteiger partial charge on any atom is 0.115 e. The number of hydrogen-bond acceptors (Lipinski definition) is 2. The average Bonchev–Trinajstić information content (AvgIpc) is 3.25. The molecule has 1 aromatic rings. The lowest BCUT2D eigenvalue weighted by molar-refractivity contribution is 0.00727. The van der Waals surface area contributed by atoms with Crippen molar-refractivity contribution in [3.8, 4) is 5.75 Å². The summed E-state index contributed by atoms with van der Waals surface area (Å²) >= 11 is 0. The third-order valence-electron chi connectivity index (χ3n) is 7.00. The van der Waals surface area contributed by atoms with E-state index in [1.165, 1.54) is 55.5 Å². The van der Waals surface area contributed by atoms with Crippen molar-refractivity contribution in [2.45, 2.75) is 57.4 Å². The summed E-state index contributed by atoms with van der Waals surface area (Å²) in [4.78, 5) is 2.76. The summed E-state index contributed by atoms with van der Waals surface area (Å²) in [6.45, 7) is 11.3. The van der Waals surface area contributed by atoms with Gasteiger partial charge in [0.1, 0.15) is 5.75 Å². The smallest absolute Gasteiger partial charge is 0.115 e. The first-order chi connectivity index (χ1) is 11.1. The Labute approximate surface area is 140 Å². The Bertz CT molecular complexity index is 637. The average molecular weight is 311 g/mol. The molecule has 0 aromatic heterocycles. The lowest BCUT2D eigenvalue weighted by Gasteiger charge is -2.57. The van der Waals surface area contributed by atoms with E-state index in [2.05, 4.69) is 37.5 Å². The molecule has 1 heterocycles. The van der Waals surface area contributed by atoms with E-state index in [0.29, 0.717) is 17.7 Å². The standard InChI is InChI=1S/C21H29NO/c1-4-18-20-11-15-6-7-17(23)12-19(15)21(18,5-2)8-9-22(20)13-16-10-14(16)3/h6-7,12,16,18,20,23H,3-5,8-11,13H2,1-2H3. The zero-order chi connectivity index (χ0) is 16.2. The second-order valence-corrected chi connectivity index (χ2v) is 7.94. The molecule has 2 nitrogen and oxygen atoms in total. The lowest BCUT2D eigenvalue weighted by Crippen LogP contribution is -2.59. The van der Waals surface area contributed by atoms with Gasteiger partial charge in [-0.05, 0) is 67.3 Å². The van der Waals surface area contributed by atoms with Crippen molar-refractivity contribution in [1.82, 2.24) is 4.90 Å². The zero-order valence-corrected chi connectivity index (χ0v) is 14.5. The lowest BCUT2D eigenvalue weighted by atomic mass is 9.55. The topological polar surface area (TPSA) is 23.5 Å². The molecule has 23 heavy (non-hydrogen) atoms. The van der Waals surface area contributed by atoms with Gasteiger partial charge in [-0.1, -0.05) is 38.5 Å². The van der Waals surface area contributed by atoms with E-state index in [-0.39, 0.29) is 5.41 Å². The largest absolute Gasteiger partial charge is 0.508 e. The van der Waals surface area contributed by atoms with Gasteiger partial charge < -0.3 is 5.11 Å². The Morgan fingerprint density at radius 3 is 2.74 bits per heavy atom. The summed E-state index contributed by atoms with van der Waals surface area (Å²) in [7, 11) is 0. The van der Waals surface area contributed by atoms with E-state index < -0.39 is 0 Å². The molecular weight excluding hydrogens is 282 g/mol. The van der Waals surface area contributed by atoms with Crippen molar-refractivity contribution >= 4 is 0 Å². The van der Waals surface area contributed by atoms with Gasteiger partial charge in [-0.25, -0.2) is 0 Å². The number of phenols is 1. The summed E-state index contributed by atoms with van der Waals surface area (Å²) in [6.07, 6.45) is 6.03. The quantitative estimate of drug-likeness (QED) is 0.839. The highest BCUT2D eigenvalue weighted by Gasteiger charge is 2.52. The number of rotatable bonds is 4. The second kappa shape index (κ2) is 5.37. The molecule has 4 atom stereocenters. The Morgan fingerprint density at radius 1 is 1.30 bits per heavy atom. The van der Waals surface area contributed by atoms with Crippen LogP contribution in [0.25, 0.3) is 0 Å².